The number of hydrogen-bond acceptors (Lipinski definition) is 3. The third-order valence-corrected chi connectivity index (χ3v) is 4.26. The summed E-state index contributed by atoms with van der Waals surface area (Å²) in [6.45, 7) is 2.05. The number of rotatable bonds is 2. The predicted octanol–water partition coefficient (Wildman–Crippen LogP) is 3.51. The molecule has 1 N–H and O–H groups in total. The SMILES string of the molecule is COc1cc2c(cc1C=C1C(=O)Nc3ccccc31)OC(C)C2. The van der Waals surface area contributed by atoms with Gasteiger partial charge in [0.1, 0.15) is 17.6 Å². The van der Waals surface area contributed by atoms with E-state index in [2.05, 4.69) is 5.32 Å². The number of para-hydroxylation sites is 1. The van der Waals surface area contributed by atoms with Crippen molar-refractivity contribution in [3.05, 3.63) is 53.1 Å². The molecule has 2 aliphatic rings. The number of carbonyl (C=O) groups excluding carboxylic acids is 1. The molecule has 2 heterocycles. The van der Waals surface area contributed by atoms with Crippen LogP contribution in [0.1, 0.15) is 23.6 Å². The molecule has 0 aliphatic carbocycles. The van der Waals surface area contributed by atoms with Crippen LogP contribution >= 0.6 is 0 Å². The maximum Gasteiger partial charge on any atom is 0.256 e. The van der Waals surface area contributed by atoms with Crippen LogP contribution in [0.15, 0.2) is 36.4 Å². The van der Waals surface area contributed by atoms with Crippen LogP contribution in [0.2, 0.25) is 0 Å². The molecular formula is C19H17NO3. The van der Waals surface area contributed by atoms with E-state index < -0.39 is 0 Å². The molecule has 0 aromatic heterocycles. The summed E-state index contributed by atoms with van der Waals surface area (Å²) in [7, 11) is 1.64. The second-order valence-electron chi connectivity index (χ2n) is 5.89. The minimum atomic E-state index is -0.0944. The van der Waals surface area contributed by atoms with Crippen LogP contribution in [-0.4, -0.2) is 19.1 Å². The molecule has 0 saturated carbocycles. The Bertz CT molecular complexity index is 839. The van der Waals surface area contributed by atoms with Crippen molar-refractivity contribution in [2.45, 2.75) is 19.4 Å². The maximum atomic E-state index is 12.3. The van der Waals surface area contributed by atoms with E-state index in [-0.39, 0.29) is 12.0 Å². The normalized spacial score (nSPS) is 20.0. The summed E-state index contributed by atoms with van der Waals surface area (Å²) in [6.07, 6.45) is 2.92. The van der Waals surface area contributed by atoms with Gasteiger partial charge in [0.25, 0.3) is 5.91 Å². The maximum absolute atomic E-state index is 12.3. The van der Waals surface area contributed by atoms with Crippen molar-refractivity contribution in [3.63, 3.8) is 0 Å². The van der Waals surface area contributed by atoms with Gasteiger partial charge < -0.3 is 14.8 Å². The van der Waals surface area contributed by atoms with E-state index in [1.807, 2.05) is 49.4 Å². The van der Waals surface area contributed by atoms with Crippen molar-refractivity contribution >= 4 is 23.2 Å². The van der Waals surface area contributed by atoms with E-state index in [0.717, 1.165) is 40.3 Å². The topological polar surface area (TPSA) is 47.6 Å². The second-order valence-corrected chi connectivity index (χ2v) is 5.89. The van der Waals surface area contributed by atoms with Gasteiger partial charge in [0.05, 0.1) is 7.11 Å². The molecule has 0 fully saturated rings. The monoisotopic (exact) mass is 307 g/mol. The molecule has 1 amide bonds. The van der Waals surface area contributed by atoms with Crippen LogP contribution in [0.25, 0.3) is 11.6 Å². The number of nitrogens with one attached hydrogen (secondary N) is 1. The van der Waals surface area contributed by atoms with Crippen LogP contribution in [-0.2, 0) is 11.2 Å². The van der Waals surface area contributed by atoms with Gasteiger partial charge in [-0.05, 0) is 31.2 Å². The molecule has 0 saturated heterocycles. The molecule has 0 bridgehead atoms. The smallest absolute Gasteiger partial charge is 0.256 e. The first kappa shape index (κ1) is 13.9. The quantitative estimate of drug-likeness (QED) is 0.864. The molecule has 1 unspecified atom stereocenters. The number of carbonyl (C=O) groups is 1. The second kappa shape index (κ2) is 5.16. The fourth-order valence-electron chi connectivity index (χ4n) is 3.18. The van der Waals surface area contributed by atoms with Gasteiger partial charge >= 0.3 is 0 Å². The summed E-state index contributed by atoms with van der Waals surface area (Å²) in [5, 5.41) is 2.89. The third kappa shape index (κ3) is 2.27. The first-order chi connectivity index (χ1) is 11.2. The molecule has 0 spiro atoms. The van der Waals surface area contributed by atoms with Crippen molar-refractivity contribution < 1.29 is 14.3 Å². The van der Waals surface area contributed by atoms with Crippen LogP contribution in [0.5, 0.6) is 11.5 Å². The molecule has 0 radical (unpaired) electrons. The Morgan fingerprint density at radius 3 is 2.96 bits per heavy atom. The van der Waals surface area contributed by atoms with Crippen LogP contribution < -0.4 is 14.8 Å². The van der Waals surface area contributed by atoms with E-state index in [4.69, 9.17) is 9.47 Å². The lowest BCUT2D eigenvalue weighted by Crippen LogP contribution is -2.05. The lowest BCUT2D eigenvalue weighted by atomic mass is 10.0. The zero-order valence-corrected chi connectivity index (χ0v) is 13.1. The Morgan fingerprint density at radius 2 is 2.13 bits per heavy atom. The standard InChI is InChI=1S/C19H17NO3/c1-11-7-12-9-17(22-2)13(10-18(12)23-11)8-15-14-5-3-4-6-16(14)20-19(15)21/h3-6,8-11H,7H2,1-2H3,(H,20,21). The summed E-state index contributed by atoms with van der Waals surface area (Å²) >= 11 is 0. The van der Waals surface area contributed by atoms with E-state index in [9.17, 15) is 4.79 Å². The van der Waals surface area contributed by atoms with Crippen LogP contribution in [0.4, 0.5) is 5.69 Å². The summed E-state index contributed by atoms with van der Waals surface area (Å²) in [6, 6.07) is 11.6. The first-order valence-corrected chi connectivity index (χ1v) is 7.65. The fourth-order valence-corrected chi connectivity index (χ4v) is 3.18. The van der Waals surface area contributed by atoms with Gasteiger partial charge in [0.15, 0.2) is 0 Å². The minimum absolute atomic E-state index is 0.0944. The predicted molar refractivity (Wildman–Crippen MR) is 89.7 cm³/mol. The van der Waals surface area contributed by atoms with E-state index in [0.29, 0.717) is 5.57 Å². The Labute approximate surface area is 134 Å². The van der Waals surface area contributed by atoms with Crippen LogP contribution in [0, 0.1) is 0 Å². The molecular weight excluding hydrogens is 290 g/mol. The highest BCUT2D eigenvalue weighted by Crippen LogP contribution is 2.38. The molecule has 4 nitrogen and oxygen atoms in total. The lowest BCUT2D eigenvalue weighted by molar-refractivity contribution is -0.110. The number of amides is 1. The highest BCUT2D eigenvalue weighted by atomic mass is 16.5. The number of benzene rings is 2. The van der Waals surface area contributed by atoms with E-state index in [1.165, 1.54) is 0 Å². The Hall–Kier alpha value is -2.75. The molecule has 116 valence electrons. The van der Waals surface area contributed by atoms with Crippen molar-refractivity contribution in [2.24, 2.45) is 0 Å². The van der Waals surface area contributed by atoms with Crippen LogP contribution in [0.3, 0.4) is 0 Å². The van der Waals surface area contributed by atoms with Crippen molar-refractivity contribution in [1.82, 2.24) is 0 Å². The summed E-state index contributed by atoms with van der Waals surface area (Å²) in [4.78, 5) is 12.3. The number of anilines is 1. The third-order valence-electron chi connectivity index (χ3n) is 4.26. The number of hydrogen-bond donors (Lipinski definition) is 1. The highest BCUT2D eigenvalue weighted by Gasteiger charge is 2.25. The number of ether oxygens (including phenoxy) is 2. The number of methoxy groups -OCH3 is 1. The molecule has 2 aromatic rings. The molecule has 4 rings (SSSR count). The van der Waals surface area contributed by atoms with Crippen molar-refractivity contribution in [2.75, 3.05) is 12.4 Å². The van der Waals surface area contributed by atoms with Gasteiger partial charge in [0.2, 0.25) is 0 Å². The molecule has 1 atom stereocenters. The Kier molecular flexibility index (Phi) is 3.11. The van der Waals surface area contributed by atoms with E-state index >= 15 is 0 Å². The molecule has 2 aromatic carbocycles. The molecule has 23 heavy (non-hydrogen) atoms. The van der Waals surface area contributed by atoms with Gasteiger partial charge in [-0.3, -0.25) is 4.79 Å². The van der Waals surface area contributed by atoms with Gasteiger partial charge in [-0.25, -0.2) is 0 Å². The zero-order valence-electron chi connectivity index (χ0n) is 13.1. The first-order valence-electron chi connectivity index (χ1n) is 7.65. The fraction of sp³-hybridized carbons (Fsp3) is 0.211. The minimum Gasteiger partial charge on any atom is -0.496 e. The molecule has 2 aliphatic heterocycles. The Morgan fingerprint density at radius 1 is 1.30 bits per heavy atom. The average molecular weight is 307 g/mol. The lowest BCUT2D eigenvalue weighted by Gasteiger charge is -2.09. The largest absolute Gasteiger partial charge is 0.496 e. The zero-order chi connectivity index (χ0) is 16.0. The number of fused-ring (bicyclic) bond motifs is 2. The average Bonchev–Trinajstić information content (AvgIpc) is 3.05. The van der Waals surface area contributed by atoms with Crippen molar-refractivity contribution in [3.8, 4) is 11.5 Å². The van der Waals surface area contributed by atoms with Gasteiger partial charge in [-0.2, -0.15) is 0 Å². The summed E-state index contributed by atoms with van der Waals surface area (Å²) in [5.74, 6) is 1.53. The van der Waals surface area contributed by atoms with Gasteiger partial charge in [-0.15, -0.1) is 0 Å². The summed E-state index contributed by atoms with van der Waals surface area (Å²) < 4.78 is 11.3. The van der Waals surface area contributed by atoms with Gasteiger partial charge in [-0.1, -0.05) is 18.2 Å². The Balaban J connectivity index is 1.83. The van der Waals surface area contributed by atoms with Gasteiger partial charge in [0, 0.05) is 34.4 Å². The summed E-state index contributed by atoms with van der Waals surface area (Å²) in [5.41, 5.74) is 4.39. The van der Waals surface area contributed by atoms with Crippen molar-refractivity contribution in [1.29, 1.82) is 0 Å². The molecule has 4 heteroatoms. The highest BCUT2D eigenvalue weighted by molar-refractivity contribution is 6.35. The van der Waals surface area contributed by atoms with E-state index in [1.54, 1.807) is 7.11 Å².